The first-order valence-electron chi connectivity index (χ1n) is 9.19. The van der Waals surface area contributed by atoms with Crippen LogP contribution < -0.4 is 10.1 Å². The lowest BCUT2D eigenvalue weighted by Gasteiger charge is -2.34. The molecule has 1 N–H and O–H groups in total. The van der Waals surface area contributed by atoms with Crippen molar-refractivity contribution >= 4 is 23.6 Å². The summed E-state index contributed by atoms with van der Waals surface area (Å²) < 4.78 is 10.1. The van der Waals surface area contributed by atoms with Crippen LogP contribution in [0.1, 0.15) is 13.3 Å². The summed E-state index contributed by atoms with van der Waals surface area (Å²) in [7, 11) is 1.57. The number of carbonyl (C=O) groups is 3. The van der Waals surface area contributed by atoms with Crippen molar-refractivity contribution in [3.05, 3.63) is 24.3 Å². The monoisotopic (exact) mass is 375 g/mol. The quantitative estimate of drug-likeness (QED) is 0.844. The Bertz CT molecular complexity index is 715. The molecule has 2 fully saturated rings. The van der Waals surface area contributed by atoms with Gasteiger partial charge >= 0.3 is 6.09 Å². The van der Waals surface area contributed by atoms with Crippen LogP contribution in [0, 0.1) is 11.8 Å². The lowest BCUT2D eigenvalue weighted by atomic mass is 10.2. The minimum absolute atomic E-state index is 0.00991. The van der Waals surface area contributed by atoms with Gasteiger partial charge in [0.2, 0.25) is 11.8 Å². The van der Waals surface area contributed by atoms with Crippen LogP contribution >= 0.6 is 0 Å². The Kier molecular flexibility index (Phi) is 5.83. The SMILES string of the molecule is CCOC(=O)N1CCN(C(=O)C2CC2C(=O)Nc2cccc(OC)c2)CC1. The lowest BCUT2D eigenvalue weighted by Crippen LogP contribution is -2.51. The molecule has 1 aliphatic carbocycles. The van der Waals surface area contributed by atoms with E-state index in [1.54, 1.807) is 48.1 Å². The molecule has 1 aromatic carbocycles. The van der Waals surface area contributed by atoms with Gasteiger partial charge in [-0.2, -0.15) is 0 Å². The summed E-state index contributed by atoms with van der Waals surface area (Å²) in [4.78, 5) is 40.1. The van der Waals surface area contributed by atoms with Crippen molar-refractivity contribution in [1.29, 1.82) is 0 Å². The Hall–Kier alpha value is -2.77. The second kappa shape index (κ2) is 8.28. The molecule has 1 saturated carbocycles. The maximum Gasteiger partial charge on any atom is 0.409 e. The number of anilines is 1. The van der Waals surface area contributed by atoms with Gasteiger partial charge in [0, 0.05) is 37.9 Å². The molecule has 3 rings (SSSR count). The molecular weight excluding hydrogens is 350 g/mol. The molecule has 1 saturated heterocycles. The van der Waals surface area contributed by atoms with Gasteiger partial charge in [-0.1, -0.05) is 6.07 Å². The highest BCUT2D eigenvalue weighted by atomic mass is 16.6. The van der Waals surface area contributed by atoms with E-state index in [2.05, 4.69) is 5.32 Å². The van der Waals surface area contributed by atoms with Crippen molar-refractivity contribution in [3.63, 3.8) is 0 Å². The molecule has 0 bridgehead atoms. The van der Waals surface area contributed by atoms with Crippen molar-refractivity contribution < 1.29 is 23.9 Å². The molecule has 3 amide bonds. The van der Waals surface area contributed by atoms with E-state index in [1.807, 2.05) is 0 Å². The zero-order valence-electron chi connectivity index (χ0n) is 15.6. The minimum atomic E-state index is -0.341. The highest BCUT2D eigenvalue weighted by Crippen LogP contribution is 2.41. The Balaban J connectivity index is 1.47. The third-order valence-corrected chi connectivity index (χ3v) is 4.90. The highest BCUT2D eigenvalue weighted by Gasteiger charge is 2.49. The number of rotatable bonds is 5. The average Bonchev–Trinajstić information content (AvgIpc) is 3.49. The van der Waals surface area contributed by atoms with E-state index in [0.29, 0.717) is 50.6 Å². The van der Waals surface area contributed by atoms with Crippen molar-refractivity contribution in [3.8, 4) is 5.75 Å². The predicted molar refractivity (Wildman–Crippen MR) is 98.4 cm³/mol. The fraction of sp³-hybridized carbons (Fsp3) is 0.526. The number of nitrogens with one attached hydrogen (secondary N) is 1. The van der Waals surface area contributed by atoms with E-state index in [0.717, 1.165) is 0 Å². The number of hydrogen-bond acceptors (Lipinski definition) is 5. The van der Waals surface area contributed by atoms with E-state index in [1.165, 1.54) is 0 Å². The normalized spacial score (nSPS) is 21.4. The molecule has 0 radical (unpaired) electrons. The standard InChI is InChI=1S/C19H25N3O5/c1-3-27-19(25)22-9-7-21(8-10-22)18(24)16-12-15(16)17(23)20-13-5-4-6-14(11-13)26-2/h4-6,11,15-16H,3,7-10,12H2,1-2H3,(H,20,23). The van der Waals surface area contributed by atoms with Crippen LogP contribution in [-0.2, 0) is 14.3 Å². The summed E-state index contributed by atoms with van der Waals surface area (Å²) in [6.07, 6.45) is 0.221. The number of amides is 3. The van der Waals surface area contributed by atoms with Gasteiger partial charge in [0.15, 0.2) is 0 Å². The summed E-state index contributed by atoms with van der Waals surface area (Å²) in [5.74, 6) is -0.0664. The molecule has 2 atom stereocenters. The number of nitrogens with zero attached hydrogens (tertiary/aromatic N) is 2. The fourth-order valence-electron chi connectivity index (χ4n) is 3.25. The van der Waals surface area contributed by atoms with Gasteiger partial charge in [0.05, 0.1) is 25.6 Å². The number of methoxy groups -OCH3 is 1. The molecular formula is C19H25N3O5. The Morgan fingerprint density at radius 3 is 2.48 bits per heavy atom. The van der Waals surface area contributed by atoms with Gasteiger partial charge in [-0.15, -0.1) is 0 Å². The van der Waals surface area contributed by atoms with Crippen LogP contribution in [0.5, 0.6) is 5.75 Å². The minimum Gasteiger partial charge on any atom is -0.497 e. The summed E-state index contributed by atoms with van der Waals surface area (Å²) in [6, 6.07) is 7.13. The molecule has 8 nitrogen and oxygen atoms in total. The van der Waals surface area contributed by atoms with E-state index < -0.39 is 0 Å². The number of hydrogen-bond donors (Lipinski definition) is 1. The van der Waals surface area contributed by atoms with Crippen LogP contribution in [-0.4, -0.2) is 67.6 Å². The van der Waals surface area contributed by atoms with Crippen LogP contribution in [0.2, 0.25) is 0 Å². The number of ether oxygens (including phenoxy) is 2. The molecule has 27 heavy (non-hydrogen) atoms. The Morgan fingerprint density at radius 2 is 1.81 bits per heavy atom. The Morgan fingerprint density at radius 1 is 1.11 bits per heavy atom. The van der Waals surface area contributed by atoms with Crippen LogP contribution in [0.4, 0.5) is 10.5 Å². The van der Waals surface area contributed by atoms with Gasteiger partial charge in [0.25, 0.3) is 0 Å². The third kappa shape index (κ3) is 4.50. The summed E-state index contributed by atoms with van der Waals surface area (Å²) in [5.41, 5.74) is 0.653. The number of piperazine rings is 1. The van der Waals surface area contributed by atoms with Gasteiger partial charge in [0.1, 0.15) is 5.75 Å². The first-order chi connectivity index (χ1) is 13.0. The van der Waals surface area contributed by atoms with Crippen molar-refractivity contribution in [1.82, 2.24) is 9.80 Å². The molecule has 8 heteroatoms. The molecule has 1 aromatic rings. The molecule has 146 valence electrons. The smallest absolute Gasteiger partial charge is 0.409 e. The van der Waals surface area contributed by atoms with E-state index >= 15 is 0 Å². The van der Waals surface area contributed by atoms with Crippen molar-refractivity contribution in [2.45, 2.75) is 13.3 Å². The maximum absolute atomic E-state index is 12.6. The van der Waals surface area contributed by atoms with Crippen molar-refractivity contribution in [2.75, 3.05) is 45.2 Å². The zero-order chi connectivity index (χ0) is 19.4. The van der Waals surface area contributed by atoms with Crippen molar-refractivity contribution in [2.24, 2.45) is 11.8 Å². The average molecular weight is 375 g/mol. The summed E-state index contributed by atoms with van der Waals surface area (Å²) in [5, 5.41) is 2.84. The molecule has 2 unspecified atom stereocenters. The zero-order valence-corrected chi connectivity index (χ0v) is 15.6. The molecule has 1 heterocycles. The maximum atomic E-state index is 12.6. The summed E-state index contributed by atoms with van der Waals surface area (Å²) in [6.45, 7) is 3.96. The van der Waals surface area contributed by atoms with E-state index in [-0.39, 0.29) is 29.7 Å². The van der Waals surface area contributed by atoms with Gasteiger partial charge in [-0.3, -0.25) is 9.59 Å². The highest BCUT2D eigenvalue weighted by molar-refractivity contribution is 5.99. The van der Waals surface area contributed by atoms with E-state index in [9.17, 15) is 14.4 Å². The van der Waals surface area contributed by atoms with Crippen LogP contribution in [0.15, 0.2) is 24.3 Å². The summed E-state index contributed by atoms with van der Waals surface area (Å²) >= 11 is 0. The second-order valence-corrected chi connectivity index (χ2v) is 6.68. The predicted octanol–water partition coefficient (Wildman–Crippen LogP) is 1.57. The molecule has 0 aromatic heterocycles. The molecule has 2 aliphatic rings. The largest absolute Gasteiger partial charge is 0.497 e. The second-order valence-electron chi connectivity index (χ2n) is 6.68. The topological polar surface area (TPSA) is 88.2 Å². The number of benzene rings is 1. The molecule has 1 aliphatic heterocycles. The number of carbonyl (C=O) groups excluding carboxylic acids is 3. The Labute approximate surface area is 158 Å². The van der Waals surface area contributed by atoms with Gasteiger partial charge in [-0.05, 0) is 25.5 Å². The van der Waals surface area contributed by atoms with Gasteiger partial charge < -0.3 is 24.6 Å². The van der Waals surface area contributed by atoms with Gasteiger partial charge in [-0.25, -0.2) is 4.79 Å². The van der Waals surface area contributed by atoms with E-state index in [4.69, 9.17) is 9.47 Å². The van der Waals surface area contributed by atoms with Crippen LogP contribution in [0.3, 0.4) is 0 Å². The first kappa shape index (κ1) is 19.0. The lowest BCUT2D eigenvalue weighted by molar-refractivity contribution is -0.135. The fourth-order valence-corrected chi connectivity index (χ4v) is 3.25. The first-order valence-corrected chi connectivity index (χ1v) is 9.19. The molecule has 0 spiro atoms. The third-order valence-electron chi connectivity index (χ3n) is 4.90. The van der Waals surface area contributed by atoms with Crippen LogP contribution in [0.25, 0.3) is 0 Å².